The summed E-state index contributed by atoms with van der Waals surface area (Å²) in [5, 5.41) is 7.42. The van der Waals surface area contributed by atoms with Gasteiger partial charge in [-0.15, -0.1) is 12.4 Å². The summed E-state index contributed by atoms with van der Waals surface area (Å²) in [7, 11) is 0. The van der Waals surface area contributed by atoms with Gasteiger partial charge in [-0.25, -0.2) is 0 Å². The predicted molar refractivity (Wildman–Crippen MR) is 20.6 cm³/mol. The summed E-state index contributed by atoms with van der Waals surface area (Å²) in [6.07, 6.45) is 0. The molecule has 0 atom stereocenters. The van der Waals surface area contributed by atoms with Gasteiger partial charge in [0.15, 0.2) is 0 Å². The minimum atomic E-state index is -0.833. The maximum Gasteiger partial charge on any atom is 0.300 e. The van der Waals surface area contributed by atoms with Crippen LogP contribution < -0.4 is 0 Å². The Kier molecular flexibility index (Phi) is 56.5. The van der Waals surface area contributed by atoms with E-state index < -0.39 is 5.97 Å². The quantitative estimate of drug-likeness (QED) is 0.598. The number of aliphatic carboxylic acids is 1. The van der Waals surface area contributed by atoms with Crippen LogP contribution in [0.1, 0.15) is 6.92 Å². The van der Waals surface area contributed by atoms with Crippen molar-refractivity contribution in [2.24, 2.45) is 0 Å². The molecule has 51 valence electrons. The van der Waals surface area contributed by atoms with Gasteiger partial charge in [-0.1, -0.05) is 0 Å². The maximum atomic E-state index is 9.00. The Hall–Kier alpha value is 0.799. The monoisotopic (exact) mass is 215 g/mol. The van der Waals surface area contributed by atoms with Crippen molar-refractivity contribution in [2.45, 2.75) is 6.92 Å². The molecule has 0 rings (SSSR count). The standard InChI is InChI=1S/C2H4O2.ClH.Cu.Fe/c1-2(3)4;;;/h1H3,(H,3,4);1H;;. The molecule has 0 aliphatic rings. The van der Waals surface area contributed by atoms with Crippen LogP contribution in [0.15, 0.2) is 0 Å². The summed E-state index contributed by atoms with van der Waals surface area (Å²) in [4.78, 5) is 9.00. The zero-order valence-electron chi connectivity index (χ0n) is 3.42. The van der Waals surface area contributed by atoms with Crippen LogP contribution in [-0.4, -0.2) is 11.1 Å². The van der Waals surface area contributed by atoms with Gasteiger partial charge in [0.1, 0.15) is 0 Å². The SMILES string of the molecule is CC(=O)O.Cl.[Cu].[Fe]. The van der Waals surface area contributed by atoms with E-state index >= 15 is 0 Å². The predicted octanol–water partition coefficient (Wildman–Crippen LogP) is 0.508. The van der Waals surface area contributed by atoms with Crippen molar-refractivity contribution in [1.29, 1.82) is 0 Å². The van der Waals surface area contributed by atoms with Gasteiger partial charge in [-0.3, -0.25) is 4.79 Å². The largest absolute Gasteiger partial charge is 0.481 e. The molecule has 0 aliphatic carbocycles. The number of rotatable bonds is 0. The first-order chi connectivity index (χ1) is 1.73. The third kappa shape index (κ3) is 245. The van der Waals surface area contributed by atoms with Crippen LogP contribution in [0.4, 0.5) is 0 Å². The van der Waals surface area contributed by atoms with Crippen LogP contribution in [0.2, 0.25) is 0 Å². The number of carboxylic acid groups (broad SMARTS) is 1. The molecule has 0 unspecified atom stereocenters. The molecule has 0 amide bonds. The van der Waals surface area contributed by atoms with Crippen molar-refractivity contribution in [3.05, 3.63) is 0 Å². The Morgan fingerprint density at radius 3 is 1.57 bits per heavy atom. The van der Waals surface area contributed by atoms with Crippen molar-refractivity contribution in [2.75, 3.05) is 0 Å². The second-order valence-electron chi connectivity index (χ2n) is 0.519. The second-order valence-corrected chi connectivity index (χ2v) is 0.519. The van der Waals surface area contributed by atoms with Gasteiger partial charge in [0.05, 0.1) is 0 Å². The summed E-state index contributed by atoms with van der Waals surface area (Å²) in [6, 6.07) is 0. The number of carboxylic acids is 1. The molecule has 0 aliphatic heterocycles. The average molecular weight is 216 g/mol. The third-order valence-electron chi connectivity index (χ3n) is 0. The van der Waals surface area contributed by atoms with E-state index in [4.69, 9.17) is 9.90 Å². The zero-order chi connectivity index (χ0) is 3.58. The van der Waals surface area contributed by atoms with E-state index in [1.807, 2.05) is 0 Å². The summed E-state index contributed by atoms with van der Waals surface area (Å²) in [5.74, 6) is -0.833. The average Bonchev–Trinajstić information content (AvgIpc) is 0.811. The Morgan fingerprint density at radius 1 is 1.57 bits per heavy atom. The molecule has 0 heterocycles. The van der Waals surface area contributed by atoms with Gasteiger partial charge in [0.25, 0.3) is 5.97 Å². The summed E-state index contributed by atoms with van der Waals surface area (Å²) < 4.78 is 0. The molecule has 5 heteroatoms. The molecule has 0 aromatic heterocycles. The molecule has 1 N–H and O–H groups in total. The van der Waals surface area contributed by atoms with Crippen molar-refractivity contribution in [3.8, 4) is 0 Å². The van der Waals surface area contributed by atoms with E-state index in [9.17, 15) is 0 Å². The van der Waals surface area contributed by atoms with Gasteiger partial charge in [-0.2, -0.15) is 0 Å². The molecular weight excluding hydrogens is 211 g/mol. The Morgan fingerprint density at radius 2 is 1.57 bits per heavy atom. The fraction of sp³-hybridized carbons (Fsp3) is 0.500. The minimum absolute atomic E-state index is 0. The van der Waals surface area contributed by atoms with E-state index in [0.717, 1.165) is 6.92 Å². The van der Waals surface area contributed by atoms with E-state index in [1.54, 1.807) is 0 Å². The number of halogens is 1. The van der Waals surface area contributed by atoms with E-state index in [0.29, 0.717) is 0 Å². The van der Waals surface area contributed by atoms with E-state index in [2.05, 4.69) is 0 Å². The molecule has 0 saturated carbocycles. The van der Waals surface area contributed by atoms with Crippen molar-refractivity contribution < 1.29 is 44.0 Å². The summed E-state index contributed by atoms with van der Waals surface area (Å²) >= 11 is 0. The smallest absolute Gasteiger partial charge is 0.300 e. The van der Waals surface area contributed by atoms with Gasteiger partial charge in [-0.05, 0) is 0 Å². The fourth-order valence-electron chi connectivity index (χ4n) is 0. The summed E-state index contributed by atoms with van der Waals surface area (Å²) in [6.45, 7) is 1.08. The topological polar surface area (TPSA) is 37.3 Å². The number of carbonyl (C=O) groups is 1. The normalized spacial score (nSPS) is 3.57. The van der Waals surface area contributed by atoms with Crippen LogP contribution in [0.3, 0.4) is 0 Å². The van der Waals surface area contributed by atoms with Gasteiger partial charge in [0.2, 0.25) is 0 Å². The van der Waals surface area contributed by atoms with Crippen molar-refractivity contribution >= 4 is 18.4 Å². The van der Waals surface area contributed by atoms with E-state index in [-0.39, 0.29) is 46.5 Å². The molecule has 0 fully saturated rings. The third-order valence-corrected chi connectivity index (χ3v) is 0. The van der Waals surface area contributed by atoms with Gasteiger partial charge < -0.3 is 5.11 Å². The molecule has 2 nitrogen and oxygen atoms in total. The first kappa shape index (κ1) is 25.0. The maximum absolute atomic E-state index is 9.00. The number of hydrogen-bond donors (Lipinski definition) is 1. The van der Waals surface area contributed by atoms with Crippen LogP contribution in [0.25, 0.3) is 0 Å². The first-order valence-corrected chi connectivity index (χ1v) is 0.928. The van der Waals surface area contributed by atoms with Gasteiger partial charge >= 0.3 is 0 Å². The minimum Gasteiger partial charge on any atom is -0.481 e. The Balaban J connectivity index is -0.0000000150. The second kappa shape index (κ2) is 15.8. The van der Waals surface area contributed by atoms with Crippen molar-refractivity contribution in [1.82, 2.24) is 0 Å². The molecule has 0 saturated heterocycles. The molecule has 0 aromatic carbocycles. The molecule has 0 bridgehead atoms. The Labute approximate surface area is 69.4 Å². The van der Waals surface area contributed by atoms with Crippen LogP contribution in [-0.2, 0) is 38.9 Å². The molecule has 0 spiro atoms. The molecular formula is C2H5ClCuFeO2. The first-order valence-electron chi connectivity index (χ1n) is 0.928. The molecule has 1 radical (unpaired) electrons. The van der Waals surface area contributed by atoms with Gasteiger partial charge in [0, 0.05) is 41.1 Å². The van der Waals surface area contributed by atoms with Crippen LogP contribution >= 0.6 is 12.4 Å². The molecule has 7 heavy (non-hydrogen) atoms. The summed E-state index contributed by atoms with van der Waals surface area (Å²) in [5.41, 5.74) is 0. The zero-order valence-corrected chi connectivity index (χ0v) is 6.28. The molecule has 0 aromatic rings. The fourth-order valence-corrected chi connectivity index (χ4v) is 0. The number of hydrogen-bond acceptors (Lipinski definition) is 1. The van der Waals surface area contributed by atoms with Crippen molar-refractivity contribution in [3.63, 3.8) is 0 Å². The Bertz CT molecular complexity index is 38.7. The van der Waals surface area contributed by atoms with Crippen LogP contribution in [0.5, 0.6) is 0 Å². The van der Waals surface area contributed by atoms with E-state index in [1.165, 1.54) is 0 Å². The van der Waals surface area contributed by atoms with Crippen LogP contribution in [0, 0.1) is 0 Å².